The maximum atomic E-state index is 5.72. The summed E-state index contributed by atoms with van der Waals surface area (Å²) in [5.41, 5.74) is 0. The molecule has 0 aromatic heterocycles. The second kappa shape index (κ2) is 5.82. The van der Waals surface area contributed by atoms with Gasteiger partial charge in [0.2, 0.25) is 0 Å². The van der Waals surface area contributed by atoms with Gasteiger partial charge in [-0.2, -0.15) is 0 Å². The van der Waals surface area contributed by atoms with Crippen LogP contribution < -0.4 is 0 Å². The van der Waals surface area contributed by atoms with Gasteiger partial charge < -0.3 is 0 Å². The van der Waals surface area contributed by atoms with E-state index in [9.17, 15) is 0 Å². The van der Waals surface area contributed by atoms with Crippen LogP contribution >= 0.6 is 23.2 Å². The molecule has 10 heavy (non-hydrogen) atoms. The number of hydrogen-bond acceptors (Lipinski definition) is 0. The molecule has 0 aliphatic rings. The molecule has 58 valence electrons. The minimum absolute atomic E-state index is 0.839. The Bertz CT molecular complexity index is 127. The molecule has 0 amide bonds. The summed E-state index contributed by atoms with van der Waals surface area (Å²) in [6.45, 7) is 4.01. The van der Waals surface area contributed by atoms with Crippen molar-refractivity contribution in [3.05, 3.63) is 22.2 Å². The number of rotatable bonds is 3. The van der Waals surface area contributed by atoms with Crippen LogP contribution in [0.15, 0.2) is 22.2 Å². The van der Waals surface area contributed by atoms with Crippen LogP contribution in [0.2, 0.25) is 0 Å². The largest absolute Gasteiger partial charge is 0.0892 e. The van der Waals surface area contributed by atoms with Crippen LogP contribution in [0.5, 0.6) is 0 Å². The minimum Gasteiger partial charge on any atom is -0.0892 e. The van der Waals surface area contributed by atoms with E-state index < -0.39 is 0 Å². The van der Waals surface area contributed by atoms with Crippen molar-refractivity contribution in [2.75, 3.05) is 0 Å². The highest BCUT2D eigenvalue weighted by atomic mass is 35.5. The summed E-state index contributed by atoms with van der Waals surface area (Å²) >= 11 is 11.4. The zero-order valence-electron chi connectivity index (χ0n) is 6.32. The van der Waals surface area contributed by atoms with Crippen LogP contribution in [-0.4, -0.2) is 0 Å². The van der Waals surface area contributed by atoms with Crippen molar-refractivity contribution in [3.63, 3.8) is 0 Å². The fourth-order valence-corrected chi connectivity index (χ4v) is 0.543. The minimum atomic E-state index is 0.839. The molecule has 0 spiro atoms. The summed E-state index contributed by atoms with van der Waals surface area (Å²) < 4.78 is 0. The summed E-state index contributed by atoms with van der Waals surface area (Å²) in [4.78, 5) is 0. The molecular formula is C8H12Cl2. The van der Waals surface area contributed by atoms with Crippen LogP contribution in [0, 0.1) is 0 Å². The summed E-state index contributed by atoms with van der Waals surface area (Å²) in [6.07, 6.45) is 5.42. The first-order chi connectivity index (χ1) is 4.70. The van der Waals surface area contributed by atoms with E-state index in [1.165, 1.54) is 0 Å². The highest BCUT2D eigenvalue weighted by Crippen LogP contribution is 2.10. The molecule has 0 nitrogen and oxygen atoms in total. The van der Waals surface area contributed by atoms with Crippen molar-refractivity contribution in [2.45, 2.75) is 26.7 Å². The Morgan fingerprint density at radius 2 is 1.30 bits per heavy atom. The Morgan fingerprint density at radius 1 is 1.00 bits per heavy atom. The normalized spacial score (nSPS) is 14.0. The Labute approximate surface area is 72.5 Å². The highest BCUT2D eigenvalue weighted by Gasteiger charge is 1.85. The average Bonchev–Trinajstić information content (AvgIpc) is 1.99. The van der Waals surface area contributed by atoms with Crippen LogP contribution in [0.4, 0.5) is 0 Å². The van der Waals surface area contributed by atoms with Gasteiger partial charge >= 0.3 is 0 Å². The number of hydrogen-bond donors (Lipinski definition) is 0. The number of halogens is 2. The average molecular weight is 179 g/mol. The van der Waals surface area contributed by atoms with Gasteiger partial charge in [-0.1, -0.05) is 37.0 Å². The smallest absolute Gasteiger partial charge is 0.0178 e. The number of allylic oxidation sites excluding steroid dienone is 4. The topological polar surface area (TPSA) is 0 Å². The van der Waals surface area contributed by atoms with Crippen LogP contribution in [0.3, 0.4) is 0 Å². The molecule has 0 atom stereocenters. The quantitative estimate of drug-likeness (QED) is 0.573. The Kier molecular flexibility index (Phi) is 5.85. The van der Waals surface area contributed by atoms with E-state index in [2.05, 4.69) is 0 Å². The van der Waals surface area contributed by atoms with Gasteiger partial charge in [0, 0.05) is 10.1 Å². The molecule has 0 bridgehead atoms. The third kappa shape index (κ3) is 4.89. The van der Waals surface area contributed by atoms with Gasteiger partial charge in [0.05, 0.1) is 0 Å². The van der Waals surface area contributed by atoms with Gasteiger partial charge in [0.15, 0.2) is 0 Å². The first kappa shape index (κ1) is 10.1. The molecule has 0 rings (SSSR count). The predicted molar refractivity (Wildman–Crippen MR) is 48.5 cm³/mol. The van der Waals surface area contributed by atoms with Crippen molar-refractivity contribution in [2.24, 2.45) is 0 Å². The van der Waals surface area contributed by atoms with E-state index in [1.54, 1.807) is 0 Å². The molecule has 0 saturated heterocycles. The molecule has 0 aromatic rings. The SMILES string of the molecule is CC/C(Cl)=C\C=C(\Cl)CC. The van der Waals surface area contributed by atoms with Crippen molar-refractivity contribution in [1.82, 2.24) is 0 Å². The van der Waals surface area contributed by atoms with E-state index in [0.29, 0.717) is 0 Å². The molecule has 0 unspecified atom stereocenters. The van der Waals surface area contributed by atoms with E-state index in [1.807, 2.05) is 26.0 Å². The molecular weight excluding hydrogens is 167 g/mol. The molecule has 0 aromatic carbocycles. The lowest BCUT2D eigenvalue weighted by molar-refractivity contribution is 1.18. The van der Waals surface area contributed by atoms with Gasteiger partial charge in [0.1, 0.15) is 0 Å². The van der Waals surface area contributed by atoms with Crippen molar-refractivity contribution >= 4 is 23.2 Å². The van der Waals surface area contributed by atoms with Crippen LogP contribution in [0.1, 0.15) is 26.7 Å². The van der Waals surface area contributed by atoms with Gasteiger partial charge in [-0.05, 0) is 25.0 Å². The van der Waals surface area contributed by atoms with E-state index in [0.717, 1.165) is 22.9 Å². The third-order valence-electron chi connectivity index (χ3n) is 1.12. The summed E-state index contributed by atoms with van der Waals surface area (Å²) in [5, 5.41) is 1.68. The van der Waals surface area contributed by atoms with Gasteiger partial charge in [-0.15, -0.1) is 0 Å². The maximum absolute atomic E-state index is 5.72. The fourth-order valence-electron chi connectivity index (χ4n) is 0.417. The second-order valence-electron chi connectivity index (χ2n) is 1.93. The monoisotopic (exact) mass is 178 g/mol. The van der Waals surface area contributed by atoms with Crippen LogP contribution in [-0.2, 0) is 0 Å². The third-order valence-corrected chi connectivity index (χ3v) is 1.91. The maximum Gasteiger partial charge on any atom is 0.0178 e. The fraction of sp³-hybridized carbons (Fsp3) is 0.500. The molecule has 0 aliphatic carbocycles. The lowest BCUT2D eigenvalue weighted by atomic mass is 10.3. The van der Waals surface area contributed by atoms with Gasteiger partial charge in [-0.25, -0.2) is 0 Å². The summed E-state index contributed by atoms with van der Waals surface area (Å²) in [6, 6.07) is 0. The zero-order valence-corrected chi connectivity index (χ0v) is 7.84. The standard InChI is InChI=1S/C8H12Cl2/c1-3-7(9)5-6-8(10)4-2/h5-6H,3-4H2,1-2H3/b7-5+,8-6+. The molecule has 2 heteroatoms. The summed E-state index contributed by atoms with van der Waals surface area (Å²) in [7, 11) is 0. The highest BCUT2D eigenvalue weighted by molar-refractivity contribution is 6.31. The molecule has 0 radical (unpaired) electrons. The molecule has 0 N–H and O–H groups in total. The predicted octanol–water partition coefficient (Wildman–Crippen LogP) is 4.05. The Hall–Kier alpha value is 0.0600. The Balaban J connectivity index is 3.91. The molecule has 0 fully saturated rings. The van der Waals surface area contributed by atoms with Crippen molar-refractivity contribution in [3.8, 4) is 0 Å². The first-order valence-electron chi connectivity index (χ1n) is 3.41. The van der Waals surface area contributed by atoms with Crippen LogP contribution in [0.25, 0.3) is 0 Å². The molecule has 0 aliphatic heterocycles. The molecule has 0 saturated carbocycles. The van der Waals surface area contributed by atoms with Crippen molar-refractivity contribution < 1.29 is 0 Å². The van der Waals surface area contributed by atoms with Crippen molar-refractivity contribution in [1.29, 1.82) is 0 Å². The lowest BCUT2D eigenvalue weighted by Crippen LogP contribution is -1.67. The first-order valence-corrected chi connectivity index (χ1v) is 4.17. The van der Waals surface area contributed by atoms with Gasteiger partial charge in [0.25, 0.3) is 0 Å². The second-order valence-corrected chi connectivity index (χ2v) is 2.91. The van der Waals surface area contributed by atoms with E-state index in [4.69, 9.17) is 23.2 Å². The van der Waals surface area contributed by atoms with E-state index >= 15 is 0 Å². The lowest BCUT2D eigenvalue weighted by Gasteiger charge is -1.89. The molecule has 0 heterocycles. The van der Waals surface area contributed by atoms with Gasteiger partial charge in [-0.3, -0.25) is 0 Å². The summed E-state index contributed by atoms with van der Waals surface area (Å²) in [5.74, 6) is 0. The van der Waals surface area contributed by atoms with E-state index in [-0.39, 0.29) is 0 Å². The zero-order chi connectivity index (χ0) is 7.98. The Morgan fingerprint density at radius 3 is 1.50 bits per heavy atom.